The third-order valence-corrected chi connectivity index (χ3v) is 11.4. The van der Waals surface area contributed by atoms with Crippen LogP contribution < -0.4 is 31.8 Å². The van der Waals surface area contributed by atoms with Gasteiger partial charge in [0.05, 0.1) is 0 Å². The minimum Gasteiger partial charge on any atom is -0.309 e. The molecule has 0 aliphatic carbocycles. The van der Waals surface area contributed by atoms with Crippen molar-refractivity contribution < 1.29 is 4.57 Å². The van der Waals surface area contributed by atoms with Crippen molar-refractivity contribution in [3.63, 3.8) is 0 Å². The lowest BCUT2D eigenvalue weighted by Gasteiger charge is -2.24. The van der Waals surface area contributed by atoms with E-state index in [-0.39, 0.29) is 0 Å². The molecule has 5 aromatic carbocycles. The Morgan fingerprint density at radius 2 is 0.882 bits per heavy atom. The molecular formula is C31H26OP2. The van der Waals surface area contributed by atoms with Crippen LogP contribution in [0.4, 0.5) is 0 Å². The van der Waals surface area contributed by atoms with Gasteiger partial charge in [-0.05, 0) is 48.5 Å². The van der Waals surface area contributed by atoms with Gasteiger partial charge in [0.2, 0.25) is 0 Å². The summed E-state index contributed by atoms with van der Waals surface area (Å²) in [4.78, 5) is 0. The van der Waals surface area contributed by atoms with Gasteiger partial charge in [0.15, 0.2) is 7.14 Å². The van der Waals surface area contributed by atoms with Crippen LogP contribution in [0.5, 0.6) is 0 Å². The van der Waals surface area contributed by atoms with Gasteiger partial charge in [-0.15, -0.1) is 0 Å². The maximum atomic E-state index is 15.0. The van der Waals surface area contributed by atoms with Gasteiger partial charge >= 0.3 is 0 Å². The van der Waals surface area contributed by atoms with Gasteiger partial charge in [0.25, 0.3) is 0 Å². The average molecular weight is 476 g/mol. The van der Waals surface area contributed by atoms with E-state index in [0.717, 1.165) is 21.5 Å². The van der Waals surface area contributed by atoms with Crippen molar-refractivity contribution >= 4 is 46.9 Å². The van der Waals surface area contributed by atoms with Crippen LogP contribution in [0.25, 0.3) is 0 Å². The highest BCUT2D eigenvalue weighted by Crippen LogP contribution is 2.43. The van der Waals surface area contributed by atoms with E-state index in [9.17, 15) is 0 Å². The molecule has 0 radical (unpaired) electrons. The van der Waals surface area contributed by atoms with Gasteiger partial charge in [-0.1, -0.05) is 127 Å². The fraction of sp³-hybridized carbons (Fsp3) is 0.0323. The lowest BCUT2D eigenvalue weighted by atomic mass is 10.2. The maximum Gasteiger partial charge on any atom is 0.171 e. The van der Waals surface area contributed by atoms with Crippen LogP contribution in [-0.2, 0) is 4.57 Å². The van der Waals surface area contributed by atoms with Gasteiger partial charge in [0.1, 0.15) is 0 Å². The number of hydrogen-bond acceptors (Lipinski definition) is 1. The van der Waals surface area contributed by atoms with Crippen LogP contribution in [0.3, 0.4) is 0 Å². The Morgan fingerprint density at radius 1 is 0.471 bits per heavy atom. The van der Waals surface area contributed by atoms with Crippen molar-refractivity contribution in [3.05, 3.63) is 145 Å². The van der Waals surface area contributed by atoms with E-state index in [0.29, 0.717) is 0 Å². The summed E-state index contributed by atoms with van der Waals surface area (Å²) >= 11 is 0. The van der Waals surface area contributed by atoms with Crippen molar-refractivity contribution in [2.45, 2.75) is 6.92 Å². The molecule has 0 aliphatic rings. The maximum absolute atomic E-state index is 15.0. The molecule has 0 bridgehead atoms. The fourth-order valence-corrected chi connectivity index (χ4v) is 9.70. The largest absolute Gasteiger partial charge is 0.309 e. The molecule has 0 amide bonds. The molecule has 1 nitrogen and oxygen atoms in total. The lowest BCUT2D eigenvalue weighted by Crippen LogP contribution is -2.29. The van der Waals surface area contributed by atoms with E-state index in [1.54, 1.807) is 0 Å². The van der Waals surface area contributed by atoms with Crippen molar-refractivity contribution in [2.75, 3.05) is 0 Å². The average Bonchev–Trinajstić information content (AvgIpc) is 2.90. The highest BCUT2D eigenvalue weighted by Gasteiger charge is 2.31. The first-order chi connectivity index (χ1) is 16.7. The second-order valence-electron chi connectivity index (χ2n) is 8.31. The van der Waals surface area contributed by atoms with Crippen LogP contribution in [-0.4, -0.2) is 0 Å². The zero-order valence-corrected chi connectivity index (χ0v) is 20.9. The molecule has 0 spiro atoms. The molecule has 0 aliphatic heterocycles. The van der Waals surface area contributed by atoms with Gasteiger partial charge < -0.3 is 4.57 Å². The van der Waals surface area contributed by atoms with Crippen LogP contribution in [0.15, 0.2) is 140 Å². The van der Waals surface area contributed by atoms with E-state index in [2.05, 4.69) is 85.8 Å². The highest BCUT2D eigenvalue weighted by atomic mass is 31.2. The Bertz CT molecular complexity index is 1330. The molecule has 0 atom stereocenters. The van der Waals surface area contributed by atoms with E-state index in [1.165, 1.54) is 15.9 Å². The Kier molecular flexibility index (Phi) is 6.59. The fourth-order valence-electron chi connectivity index (χ4n) is 4.38. The van der Waals surface area contributed by atoms with E-state index >= 15 is 4.57 Å². The molecule has 0 heterocycles. The Labute approximate surface area is 203 Å². The molecule has 0 unspecified atom stereocenters. The quantitative estimate of drug-likeness (QED) is 0.300. The Morgan fingerprint density at radius 3 is 1.32 bits per heavy atom. The Hall–Kier alpha value is -3.24. The summed E-state index contributed by atoms with van der Waals surface area (Å²) in [5.41, 5.74) is 1.12. The number of benzene rings is 5. The molecule has 0 saturated heterocycles. The zero-order chi connectivity index (χ0) is 23.4. The first kappa shape index (κ1) is 22.5. The summed E-state index contributed by atoms with van der Waals surface area (Å²) in [7, 11) is -3.83. The van der Waals surface area contributed by atoms with Crippen LogP contribution >= 0.6 is 15.1 Å². The molecule has 34 heavy (non-hydrogen) atoms. The molecule has 0 saturated carbocycles. The second-order valence-corrected chi connectivity index (χ2v) is 13.3. The topological polar surface area (TPSA) is 17.1 Å². The van der Waals surface area contributed by atoms with Gasteiger partial charge in [0, 0.05) is 15.9 Å². The molecule has 0 fully saturated rings. The summed E-state index contributed by atoms with van der Waals surface area (Å²) in [6, 6.07) is 47.7. The third kappa shape index (κ3) is 4.43. The molecule has 3 heteroatoms. The second kappa shape index (κ2) is 9.94. The van der Waals surface area contributed by atoms with Gasteiger partial charge in [-0.2, -0.15) is 0 Å². The van der Waals surface area contributed by atoms with Crippen molar-refractivity contribution in [1.82, 2.24) is 0 Å². The van der Waals surface area contributed by atoms with Crippen LogP contribution in [0.1, 0.15) is 5.56 Å². The number of aryl methyl sites for hydroxylation is 1. The summed E-state index contributed by atoms with van der Waals surface area (Å²) in [5.74, 6) is 0. The van der Waals surface area contributed by atoms with Crippen molar-refractivity contribution in [3.8, 4) is 0 Å². The first-order valence-electron chi connectivity index (χ1n) is 11.4. The molecular weight excluding hydrogens is 450 g/mol. The van der Waals surface area contributed by atoms with Crippen molar-refractivity contribution in [1.29, 1.82) is 0 Å². The highest BCUT2D eigenvalue weighted by molar-refractivity contribution is 7.85. The molecule has 0 aromatic heterocycles. The van der Waals surface area contributed by atoms with E-state index in [1.807, 2.05) is 60.7 Å². The molecule has 166 valence electrons. The first-order valence-corrected chi connectivity index (χ1v) is 14.4. The zero-order valence-electron chi connectivity index (χ0n) is 19.1. The number of rotatable bonds is 6. The lowest BCUT2D eigenvalue weighted by molar-refractivity contribution is 0.592. The summed E-state index contributed by atoms with van der Waals surface area (Å²) < 4.78 is 15.0. The minimum absolute atomic E-state index is 0.784. The Balaban J connectivity index is 1.75. The molecule has 5 rings (SSSR count). The predicted molar refractivity (Wildman–Crippen MR) is 149 cm³/mol. The smallest absolute Gasteiger partial charge is 0.171 e. The normalized spacial score (nSPS) is 11.5. The summed E-state index contributed by atoms with van der Waals surface area (Å²) in [6.45, 7) is 2.11. The van der Waals surface area contributed by atoms with E-state index < -0.39 is 15.1 Å². The van der Waals surface area contributed by atoms with Crippen LogP contribution in [0, 0.1) is 6.92 Å². The summed E-state index contributed by atoms with van der Waals surface area (Å²) in [5, 5.41) is 6.40. The predicted octanol–water partition coefficient (Wildman–Crippen LogP) is 5.39. The van der Waals surface area contributed by atoms with E-state index in [4.69, 9.17) is 0 Å². The van der Waals surface area contributed by atoms with Crippen LogP contribution in [0.2, 0.25) is 0 Å². The third-order valence-electron chi connectivity index (χ3n) is 5.94. The molecule has 0 N–H and O–H groups in total. The monoisotopic (exact) mass is 476 g/mol. The molecule has 5 aromatic rings. The summed E-state index contributed by atoms with van der Waals surface area (Å²) in [6.07, 6.45) is 0. The SMILES string of the molecule is Cc1cc(P(c2ccccc2)c2ccccc2)cc(P(=O)(c2ccccc2)c2ccccc2)c1. The van der Waals surface area contributed by atoms with Gasteiger partial charge in [-0.3, -0.25) is 0 Å². The standard InChI is InChI=1S/C31H26OP2/c1-25-22-28(33(26-14-6-2-7-15-26)27-16-8-3-9-17-27)24-31(23-25)34(32,29-18-10-4-11-19-29)30-20-12-5-13-21-30/h2-24H,1H3. The minimum atomic E-state index is -3.04. The van der Waals surface area contributed by atoms with Gasteiger partial charge in [-0.25, -0.2) is 0 Å². The van der Waals surface area contributed by atoms with Crippen molar-refractivity contribution in [2.24, 2.45) is 0 Å². The number of hydrogen-bond donors (Lipinski definition) is 0.